The molecule has 1 aromatic carbocycles. The molecule has 0 spiro atoms. The van der Waals surface area contributed by atoms with Crippen LogP contribution in [0.15, 0.2) is 24.3 Å². The van der Waals surface area contributed by atoms with Crippen LogP contribution in [0.1, 0.15) is 37.7 Å². The SMILES string of the molecule is [B][C@@H](C(=O)OC(C)(C)C)c1ccc(C)cc1. The van der Waals surface area contributed by atoms with Crippen molar-refractivity contribution in [3.8, 4) is 0 Å². The molecule has 0 heterocycles. The zero-order chi connectivity index (χ0) is 12.3. The second-order valence-corrected chi connectivity index (χ2v) is 4.92. The first kappa shape index (κ1) is 12.8. The molecule has 16 heavy (non-hydrogen) atoms. The maximum Gasteiger partial charge on any atom is 0.304 e. The fourth-order valence-corrected chi connectivity index (χ4v) is 1.28. The van der Waals surface area contributed by atoms with Crippen LogP contribution in [0.5, 0.6) is 0 Å². The van der Waals surface area contributed by atoms with Crippen molar-refractivity contribution in [1.82, 2.24) is 0 Å². The third kappa shape index (κ3) is 3.72. The summed E-state index contributed by atoms with van der Waals surface area (Å²) in [5.74, 6) is -1.10. The monoisotopic (exact) mass is 216 g/mol. The Labute approximate surface area is 98.4 Å². The van der Waals surface area contributed by atoms with E-state index >= 15 is 0 Å². The molecule has 0 saturated carbocycles. The molecule has 0 saturated heterocycles. The van der Waals surface area contributed by atoms with Crippen LogP contribution in [0.4, 0.5) is 0 Å². The molecule has 0 aliphatic rings. The van der Waals surface area contributed by atoms with E-state index in [4.69, 9.17) is 12.6 Å². The fraction of sp³-hybridized carbons (Fsp3) is 0.462. The average Bonchev–Trinajstić information content (AvgIpc) is 2.15. The van der Waals surface area contributed by atoms with Crippen molar-refractivity contribution in [1.29, 1.82) is 0 Å². The summed E-state index contributed by atoms with van der Waals surface area (Å²) in [4.78, 5) is 11.7. The van der Waals surface area contributed by atoms with Crippen LogP contribution in [0.3, 0.4) is 0 Å². The highest BCUT2D eigenvalue weighted by Gasteiger charge is 2.22. The number of carbonyl (C=O) groups excluding carboxylic acids is 1. The molecule has 2 nitrogen and oxygen atoms in total. The predicted molar refractivity (Wildman–Crippen MR) is 65.5 cm³/mol. The molecular weight excluding hydrogens is 199 g/mol. The Hall–Kier alpha value is -1.25. The van der Waals surface area contributed by atoms with Gasteiger partial charge in [-0.05, 0) is 33.3 Å². The number of rotatable bonds is 2. The summed E-state index contributed by atoms with van der Waals surface area (Å²) in [5, 5.41) is 0. The van der Waals surface area contributed by atoms with Crippen molar-refractivity contribution in [2.75, 3.05) is 0 Å². The Balaban J connectivity index is 2.74. The second kappa shape index (κ2) is 4.73. The van der Waals surface area contributed by atoms with Crippen LogP contribution in [0.25, 0.3) is 0 Å². The highest BCUT2D eigenvalue weighted by atomic mass is 16.6. The number of benzene rings is 1. The Morgan fingerprint density at radius 2 is 1.75 bits per heavy atom. The largest absolute Gasteiger partial charge is 0.460 e. The van der Waals surface area contributed by atoms with Crippen LogP contribution in [0.2, 0.25) is 0 Å². The van der Waals surface area contributed by atoms with E-state index in [0.717, 1.165) is 11.1 Å². The van der Waals surface area contributed by atoms with Gasteiger partial charge in [0.05, 0.1) is 7.85 Å². The van der Waals surface area contributed by atoms with Crippen molar-refractivity contribution in [3.05, 3.63) is 35.4 Å². The molecule has 0 fully saturated rings. The minimum absolute atomic E-state index is 0.392. The van der Waals surface area contributed by atoms with E-state index < -0.39 is 17.4 Å². The van der Waals surface area contributed by atoms with Gasteiger partial charge in [0.2, 0.25) is 0 Å². The van der Waals surface area contributed by atoms with Gasteiger partial charge in [-0.25, -0.2) is 0 Å². The third-order valence-corrected chi connectivity index (χ3v) is 2.10. The molecule has 2 radical (unpaired) electrons. The van der Waals surface area contributed by atoms with Gasteiger partial charge in [0.25, 0.3) is 0 Å². The standard InChI is InChI=1S/C13H17BO2/c1-9-5-7-10(8-6-9)11(14)12(15)16-13(2,3)4/h5-8,11H,1-4H3/t11-/m1/s1. The van der Waals surface area contributed by atoms with Gasteiger partial charge in [-0.1, -0.05) is 29.8 Å². The molecule has 0 aliphatic heterocycles. The minimum Gasteiger partial charge on any atom is -0.460 e. The van der Waals surface area contributed by atoms with E-state index in [1.165, 1.54) is 0 Å². The van der Waals surface area contributed by atoms with E-state index in [0.29, 0.717) is 0 Å². The summed E-state index contributed by atoms with van der Waals surface area (Å²) in [5.41, 5.74) is 1.42. The number of carbonyl (C=O) groups is 1. The van der Waals surface area contributed by atoms with Crippen molar-refractivity contribution in [3.63, 3.8) is 0 Å². The highest BCUT2D eigenvalue weighted by Crippen LogP contribution is 2.18. The zero-order valence-electron chi connectivity index (χ0n) is 10.3. The Bertz CT molecular complexity index is 363. The van der Waals surface area contributed by atoms with Gasteiger partial charge in [0, 0.05) is 5.82 Å². The summed E-state index contributed by atoms with van der Waals surface area (Å²) >= 11 is 0. The van der Waals surface area contributed by atoms with Gasteiger partial charge in [0.1, 0.15) is 5.60 Å². The zero-order valence-corrected chi connectivity index (χ0v) is 10.3. The van der Waals surface area contributed by atoms with Gasteiger partial charge in [-0.3, -0.25) is 4.79 Å². The highest BCUT2D eigenvalue weighted by molar-refractivity contribution is 6.23. The van der Waals surface area contributed by atoms with E-state index in [9.17, 15) is 4.79 Å². The lowest BCUT2D eigenvalue weighted by Crippen LogP contribution is -2.28. The number of aryl methyl sites for hydroxylation is 1. The van der Waals surface area contributed by atoms with Gasteiger partial charge in [-0.2, -0.15) is 0 Å². The van der Waals surface area contributed by atoms with E-state index in [2.05, 4.69) is 0 Å². The van der Waals surface area contributed by atoms with Crippen molar-refractivity contribution in [2.45, 2.75) is 39.1 Å². The first-order chi connectivity index (χ1) is 7.29. The topological polar surface area (TPSA) is 26.3 Å². The van der Waals surface area contributed by atoms with Gasteiger partial charge >= 0.3 is 5.97 Å². The first-order valence-corrected chi connectivity index (χ1v) is 5.34. The van der Waals surface area contributed by atoms with Crippen LogP contribution < -0.4 is 0 Å². The second-order valence-electron chi connectivity index (χ2n) is 4.92. The fourth-order valence-electron chi connectivity index (χ4n) is 1.28. The van der Waals surface area contributed by atoms with Crippen molar-refractivity contribution >= 4 is 13.8 Å². The van der Waals surface area contributed by atoms with Gasteiger partial charge in [-0.15, -0.1) is 0 Å². The molecule has 84 valence electrons. The maximum atomic E-state index is 11.7. The van der Waals surface area contributed by atoms with Crippen molar-refractivity contribution in [2.24, 2.45) is 0 Å². The summed E-state index contributed by atoms with van der Waals surface area (Å²) < 4.78 is 5.22. The van der Waals surface area contributed by atoms with Crippen molar-refractivity contribution < 1.29 is 9.53 Å². The van der Waals surface area contributed by atoms with Gasteiger partial charge in [0.15, 0.2) is 0 Å². The number of hydrogen-bond donors (Lipinski definition) is 0. The molecule has 3 heteroatoms. The number of hydrogen-bond acceptors (Lipinski definition) is 2. The normalized spacial score (nSPS) is 13.2. The molecule has 0 bridgehead atoms. The molecule has 0 amide bonds. The average molecular weight is 216 g/mol. The number of ether oxygens (including phenoxy) is 1. The Kier molecular flexibility index (Phi) is 3.79. The Morgan fingerprint density at radius 1 is 1.25 bits per heavy atom. The predicted octanol–water partition coefficient (Wildman–Crippen LogP) is 2.55. The van der Waals surface area contributed by atoms with Crippen LogP contribution >= 0.6 is 0 Å². The summed E-state index contributed by atoms with van der Waals surface area (Å²) in [6.07, 6.45) is 0. The molecule has 1 aromatic rings. The van der Waals surface area contributed by atoms with Crippen LogP contribution in [0, 0.1) is 6.92 Å². The van der Waals surface area contributed by atoms with Crippen LogP contribution in [-0.4, -0.2) is 19.4 Å². The molecular formula is C13H17BO2. The molecule has 0 aliphatic carbocycles. The van der Waals surface area contributed by atoms with E-state index in [1.54, 1.807) is 0 Å². The summed E-state index contributed by atoms with van der Waals surface area (Å²) in [6.45, 7) is 7.47. The lowest BCUT2D eigenvalue weighted by molar-refractivity contribution is -0.154. The molecule has 0 N–H and O–H groups in total. The maximum absolute atomic E-state index is 11.7. The lowest BCUT2D eigenvalue weighted by Gasteiger charge is -2.22. The summed E-state index contributed by atoms with van der Waals surface area (Å²) in [6, 6.07) is 7.56. The van der Waals surface area contributed by atoms with Crippen LogP contribution in [-0.2, 0) is 9.53 Å². The van der Waals surface area contributed by atoms with Gasteiger partial charge < -0.3 is 4.74 Å². The molecule has 0 unspecified atom stereocenters. The lowest BCUT2D eigenvalue weighted by atomic mass is 9.81. The molecule has 1 atom stereocenters. The Morgan fingerprint density at radius 3 is 2.19 bits per heavy atom. The quantitative estimate of drug-likeness (QED) is 0.560. The molecule has 0 aromatic heterocycles. The molecule has 1 rings (SSSR count). The summed E-state index contributed by atoms with van der Waals surface area (Å²) in [7, 11) is 5.82. The van der Waals surface area contributed by atoms with E-state index in [-0.39, 0.29) is 0 Å². The van der Waals surface area contributed by atoms with E-state index in [1.807, 2.05) is 52.0 Å². The first-order valence-electron chi connectivity index (χ1n) is 5.34. The minimum atomic E-state index is -0.708. The smallest absolute Gasteiger partial charge is 0.304 e. The number of esters is 1. The third-order valence-electron chi connectivity index (χ3n) is 2.10.